The van der Waals surface area contributed by atoms with Gasteiger partial charge in [0.25, 0.3) is 5.91 Å². The largest absolute Gasteiger partial charge is 0.376 e. The first kappa shape index (κ1) is 19.9. The summed E-state index contributed by atoms with van der Waals surface area (Å²) in [5, 5.41) is 12.4. The van der Waals surface area contributed by atoms with E-state index in [1.807, 2.05) is 58.0 Å². The summed E-state index contributed by atoms with van der Waals surface area (Å²) >= 11 is 0. The quantitative estimate of drug-likeness (QED) is 0.618. The number of nitriles is 1. The molecule has 28 heavy (non-hydrogen) atoms. The van der Waals surface area contributed by atoms with Crippen LogP contribution in [0.25, 0.3) is 6.08 Å². The van der Waals surface area contributed by atoms with Gasteiger partial charge in [-0.15, -0.1) is 0 Å². The zero-order chi connectivity index (χ0) is 20.3. The van der Waals surface area contributed by atoms with Gasteiger partial charge in [-0.1, -0.05) is 12.1 Å². The lowest BCUT2D eigenvalue weighted by molar-refractivity contribution is -0.112. The maximum absolute atomic E-state index is 12.7. The van der Waals surface area contributed by atoms with E-state index in [4.69, 9.17) is 4.74 Å². The molecule has 1 aliphatic rings. The monoisotopic (exact) mass is 377 g/mol. The first-order valence-corrected chi connectivity index (χ1v) is 9.68. The summed E-state index contributed by atoms with van der Waals surface area (Å²) < 4.78 is 7.96. The number of rotatable bonds is 5. The van der Waals surface area contributed by atoms with E-state index in [2.05, 4.69) is 9.88 Å². The third-order valence-electron chi connectivity index (χ3n) is 5.54. The molecule has 1 N–H and O–H groups in total. The molecule has 5 nitrogen and oxygen atoms in total. The van der Waals surface area contributed by atoms with Crippen molar-refractivity contribution in [3.05, 3.63) is 57.9 Å². The number of nitrogens with one attached hydrogen (secondary N) is 1. The summed E-state index contributed by atoms with van der Waals surface area (Å²) in [4.78, 5) is 12.7. The van der Waals surface area contributed by atoms with Crippen molar-refractivity contribution < 1.29 is 9.53 Å². The fourth-order valence-electron chi connectivity index (χ4n) is 3.63. The van der Waals surface area contributed by atoms with Gasteiger partial charge >= 0.3 is 0 Å². The van der Waals surface area contributed by atoms with E-state index in [0.29, 0.717) is 0 Å². The molecule has 1 amide bonds. The van der Waals surface area contributed by atoms with Crippen LogP contribution in [0.2, 0.25) is 0 Å². The lowest BCUT2D eigenvalue weighted by Crippen LogP contribution is -2.17. The molecule has 3 rings (SSSR count). The zero-order valence-corrected chi connectivity index (χ0v) is 17.0. The minimum Gasteiger partial charge on any atom is -0.376 e. The van der Waals surface area contributed by atoms with Crippen LogP contribution < -0.4 is 5.32 Å². The molecule has 1 atom stereocenters. The smallest absolute Gasteiger partial charge is 0.266 e. The second kappa shape index (κ2) is 8.45. The van der Waals surface area contributed by atoms with E-state index in [1.165, 1.54) is 0 Å². The average Bonchev–Trinajstić information content (AvgIpc) is 3.27. The molecule has 0 radical (unpaired) electrons. The molecule has 1 aromatic carbocycles. The van der Waals surface area contributed by atoms with Crippen molar-refractivity contribution in [2.45, 2.75) is 53.2 Å². The molecule has 0 aliphatic carbocycles. The minimum absolute atomic E-state index is 0.0956. The van der Waals surface area contributed by atoms with Gasteiger partial charge in [-0.25, -0.2) is 0 Å². The van der Waals surface area contributed by atoms with Gasteiger partial charge in [-0.05, 0) is 75.4 Å². The van der Waals surface area contributed by atoms with Gasteiger partial charge in [0.2, 0.25) is 0 Å². The first-order chi connectivity index (χ1) is 13.4. The number of nitrogens with zero attached hydrogens (tertiary/aromatic N) is 2. The normalized spacial score (nSPS) is 16.8. The summed E-state index contributed by atoms with van der Waals surface area (Å²) in [5.74, 6) is -0.389. The van der Waals surface area contributed by atoms with Crippen molar-refractivity contribution in [3.63, 3.8) is 0 Å². The maximum Gasteiger partial charge on any atom is 0.266 e. The van der Waals surface area contributed by atoms with Gasteiger partial charge < -0.3 is 14.6 Å². The number of carbonyl (C=O) groups is 1. The Labute approximate surface area is 166 Å². The molecule has 146 valence electrons. The fourth-order valence-corrected chi connectivity index (χ4v) is 3.63. The highest BCUT2D eigenvalue weighted by Crippen LogP contribution is 2.23. The number of amides is 1. The van der Waals surface area contributed by atoms with Crippen LogP contribution in [0.5, 0.6) is 0 Å². The number of aromatic nitrogens is 1. The average molecular weight is 377 g/mol. The Kier molecular flexibility index (Phi) is 6.01. The topological polar surface area (TPSA) is 67.0 Å². The number of anilines is 1. The molecule has 5 heteroatoms. The molecule has 0 bridgehead atoms. The van der Waals surface area contributed by atoms with Crippen LogP contribution in [0.3, 0.4) is 0 Å². The highest BCUT2D eigenvalue weighted by Gasteiger charge is 2.19. The molecule has 1 unspecified atom stereocenters. The van der Waals surface area contributed by atoms with Crippen molar-refractivity contribution in [3.8, 4) is 6.07 Å². The second-order valence-corrected chi connectivity index (χ2v) is 7.44. The Morgan fingerprint density at radius 2 is 2.14 bits per heavy atom. The molecular weight excluding hydrogens is 350 g/mol. The molecule has 1 aliphatic heterocycles. The second-order valence-electron chi connectivity index (χ2n) is 7.44. The van der Waals surface area contributed by atoms with Crippen LogP contribution in [0.4, 0.5) is 5.69 Å². The summed E-state index contributed by atoms with van der Waals surface area (Å²) in [5.41, 5.74) is 5.96. The lowest BCUT2D eigenvalue weighted by atomic mass is 10.1. The molecule has 1 saturated heterocycles. The van der Waals surface area contributed by atoms with Crippen LogP contribution in [0.15, 0.2) is 29.8 Å². The van der Waals surface area contributed by atoms with E-state index in [0.717, 1.165) is 59.8 Å². The van der Waals surface area contributed by atoms with Crippen LogP contribution in [0, 0.1) is 39.0 Å². The number of ether oxygens (including phenoxy) is 1. The highest BCUT2D eigenvalue weighted by molar-refractivity contribution is 6.10. The zero-order valence-electron chi connectivity index (χ0n) is 17.0. The molecule has 0 saturated carbocycles. The lowest BCUT2D eigenvalue weighted by Gasteiger charge is -2.14. The maximum atomic E-state index is 12.7. The van der Waals surface area contributed by atoms with E-state index >= 15 is 0 Å². The van der Waals surface area contributed by atoms with E-state index in [9.17, 15) is 10.1 Å². The summed E-state index contributed by atoms with van der Waals surface area (Å²) in [6, 6.07) is 9.81. The standard InChI is InChI=1S/C23H27N3O2/c1-15-7-5-9-22(17(15)3)25-23(27)20(13-24)12-19-11-16(2)26(18(19)4)14-21-8-6-10-28-21/h5,7,9,11-12,21H,6,8,10,14H2,1-4H3,(H,25,27)/b20-12+. The SMILES string of the molecule is Cc1cccc(NC(=O)/C(C#N)=C/c2cc(C)n(CC3CCCO3)c2C)c1C. The number of aryl methyl sites for hydroxylation is 2. The van der Waals surface area contributed by atoms with Gasteiger partial charge in [-0.2, -0.15) is 5.26 Å². The Bertz CT molecular complexity index is 957. The van der Waals surface area contributed by atoms with Crippen molar-refractivity contribution in [1.29, 1.82) is 5.26 Å². The predicted molar refractivity (Wildman–Crippen MR) is 111 cm³/mol. The number of hydrogen-bond donors (Lipinski definition) is 1. The highest BCUT2D eigenvalue weighted by atomic mass is 16.5. The molecular formula is C23H27N3O2. The van der Waals surface area contributed by atoms with Crippen molar-refractivity contribution >= 4 is 17.7 Å². The number of carbonyl (C=O) groups excluding carboxylic acids is 1. The Morgan fingerprint density at radius 1 is 1.36 bits per heavy atom. The summed E-state index contributed by atoms with van der Waals surface area (Å²) in [7, 11) is 0. The molecule has 2 heterocycles. The first-order valence-electron chi connectivity index (χ1n) is 9.68. The van der Waals surface area contributed by atoms with E-state index < -0.39 is 0 Å². The van der Waals surface area contributed by atoms with Crippen LogP contribution in [-0.2, 0) is 16.1 Å². The van der Waals surface area contributed by atoms with Crippen molar-refractivity contribution in [1.82, 2.24) is 4.57 Å². The van der Waals surface area contributed by atoms with Gasteiger partial charge in [0.15, 0.2) is 0 Å². The Morgan fingerprint density at radius 3 is 2.82 bits per heavy atom. The van der Waals surface area contributed by atoms with Crippen LogP contribution in [-0.4, -0.2) is 23.2 Å². The van der Waals surface area contributed by atoms with E-state index in [1.54, 1.807) is 6.08 Å². The van der Waals surface area contributed by atoms with Crippen LogP contribution >= 0.6 is 0 Å². The third kappa shape index (κ3) is 4.18. The Balaban J connectivity index is 1.83. The number of hydrogen-bond acceptors (Lipinski definition) is 3. The van der Waals surface area contributed by atoms with Gasteiger partial charge in [0.05, 0.1) is 6.10 Å². The molecule has 1 fully saturated rings. The molecule has 1 aromatic heterocycles. The molecule has 0 spiro atoms. The minimum atomic E-state index is -0.389. The molecule has 2 aromatic rings. The van der Waals surface area contributed by atoms with Gasteiger partial charge in [0, 0.05) is 30.2 Å². The van der Waals surface area contributed by atoms with E-state index in [-0.39, 0.29) is 17.6 Å². The van der Waals surface area contributed by atoms with Crippen LogP contribution in [0.1, 0.15) is 40.9 Å². The van der Waals surface area contributed by atoms with Gasteiger partial charge in [-0.3, -0.25) is 4.79 Å². The fraction of sp³-hybridized carbons (Fsp3) is 0.391. The van der Waals surface area contributed by atoms with Gasteiger partial charge in [0.1, 0.15) is 11.6 Å². The predicted octanol–water partition coefficient (Wildman–Crippen LogP) is 4.45. The van der Waals surface area contributed by atoms with Crippen molar-refractivity contribution in [2.24, 2.45) is 0 Å². The van der Waals surface area contributed by atoms with Crippen molar-refractivity contribution in [2.75, 3.05) is 11.9 Å². The summed E-state index contributed by atoms with van der Waals surface area (Å²) in [6.45, 7) is 9.65. The Hall–Kier alpha value is -2.84. The third-order valence-corrected chi connectivity index (χ3v) is 5.54. The summed E-state index contributed by atoms with van der Waals surface area (Å²) in [6.07, 6.45) is 4.09. The number of benzene rings is 1.